The molecule has 32 heavy (non-hydrogen) atoms. The van der Waals surface area contributed by atoms with Crippen molar-refractivity contribution in [2.75, 3.05) is 13.2 Å². The molecule has 1 heterocycles. The highest BCUT2D eigenvalue weighted by Crippen LogP contribution is 2.19. The molecule has 0 bridgehead atoms. The number of rotatable bonds is 11. The minimum atomic E-state index is -1.40. The molecular weight excluding hydrogens is 418 g/mol. The van der Waals surface area contributed by atoms with Gasteiger partial charge in [0.25, 0.3) is 0 Å². The summed E-state index contributed by atoms with van der Waals surface area (Å²) in [6, 6.07) is 3.68. The molecule has 0 aliphatic carbocycles. The predicted octanol–water partition coefficient (Wildman–Crippen LogP) is -1.14. The van der Waals surface area contributed by atoms with Crippen LogP contribution in [0.3, 0.4) is 0 Å². The lowest BCUT2D eigenvalue weighted by Gasteiger charge is -2.25. The average Bonchev–Trinajstić information content (AvgIpc) is 3.17. The summed E-state index contributed by atoms with van der Waals surface area (Å²) in [4.78, 5) is 51.5. The highest BCUT2D eigenvalue weighted by atomic mass is 16.4. The van der Waals surface area contributed by atoms with Crippen molar-refractivity contribution in [3.05, 3.63) is 36.0 Å². The van der Waals surface area contributed by atoms with Crippen LogP contribution in [-0.4, -0.2) is 70.2 Å². The largest absolute Gasteiger partial charge is 0.480 e. The number of aromatic amines is 1. The molecule has 0 saturated carbocycles. The van der Waals surface area contributed by atoms with Crippen LogP contribution in [0, 0.1) is 5.92 Å². The van der Waals surface area contributed by atoms with E-state index < -0.39 is 48.4 Å². The second kappa shape index (κ2) is 11.3. The van der Waals surface area contributed by atoms with Crippen LogP contribution in [0.2, 0.25) is 0 Å². The third kappa shape index (κ3) is 6.28. The average molecular weight is 447 g/mol. The Kier molecular flexibility index (Phi) is 8.73. The summed E-state index contributed by atoms with van der Waals surface area (Å²) in [5, 5.41) is 27.2. The topological polar surface area (TPSA) is 187 Å². The van der Waals surface area contributed by atoms with Gasteiger partial charge in [0.05, 0.1) is 13.2 Å². The Morgan fingerprint density at radius 1 is 1.03 bits per heavy atom. The van der Waals surface area contributed by atoms with Crippen molar-refractivity contribution in [2.24, 2.45) is 11.7 Å². The Labute approximate surface area is 184 Å². The molecule has 11 nitrogen and oxygen atoms in total. The molecule has 0 spiro atoms. The molecule has 0 aliphatic heterocycles. The molecule has 174 valence electrons. The van der Waals surface area contributed by atoms with Gasteiger partial charge >= 0.3 is 5.97 Å². The number of nitrogens with one attached hydrogen (secondary N) is 4. The van der Waals surface area contributed by atoms with E-state index in [2.05, 4.69) is 20.9 Å². The summed E-state index contributed by atoms with van der Waals surface area (Å²) < 4.78 is 0. The van der Waals surface area contributed by atoms with Crippen molar-refractivity contribution in [1.82, 2.24) is 20.9 Å². The van der Waals surface area contributed by atoms with E-state index in [9.17, 15) is 29.4 Å². The zero-order valence-corrected chi connectivity index (χ0v) is 17.9. The normalized spacial score (nSPS) is 13.9. The minimum Gasteiger partial charge on any atom is -0.480 e. The lowest BCUT2D eigenvalue weighted by molar-refractivity contribution is -0.142. The number of para-hydroxylation sites is 1. The van der Waals surface area contributed by atoms with Crippen molar-refractivity contribution < 1.29 is 29.4 Å². The molecule has 3 amide bonds. The van der Waals surface area contributed by atoms with Crippen molar-refractivity contribution in [3.63, 3.8) is 0 Å². The smallest absolute Gasteiger partial charge is 0.326 e. The van der Waals surface area contributed by atoms with Crippen LogP contribution in [0.5, 0.6) is 0 Å². The molecule has 0 radical (unpaired) electrons. The molecular formula is C21H29N5O6. The zero-order chi connectivity index (χ0) is 23.8. The van der Waals surface area contributed by atoms with E-state index in [0.29, 0.717) is 5.56 Å². The van der Waals surface area contributed by atoms with E-state index in [1.54, 1.807) is 20.0 Å². The quantitative estimate of drug-likeness (QED) is 0.227. The number of benzene rings is 1. The zero-order valence-electron chi connectivity index (χ0n) is 17.9. The van der Waals surface area contributed by atoms with Gasteiger partial charge in [-0.25, -0.2) is 4.79 Å². The third-order valence-corrected chi connectivity index (χ3v) is 4.98. The van der Waals surface area contributed by atoms with Gasteiger partial charge in [-0.15, -0.1) is 0 Å². The van der Waals surface area contributed by atoms with Gasteiger partial charge < -0.3 is 36.9 Å². The number of amides is 3. The Morgan fingerprint density at radius 2 is 1.69 bits per heavy atom. The second-order valence-electron chi connectivity index (χ2n) is 7.70. The maximum absolute atomic E-state index is 12.6. The summed E-state index contributed by atoms with van der Waals surface area (Å²) in [6.45, 7) is 2.31. The molecule has 3 atom stereocenters. The van der Waals surface area contributed by atoms with Crippen LogP contribution < -0.4 is 21.7 Å². The lowest BCUT2D eigenvalue weighted by Crippen LogP contribution is -2.58. The number of carboxylic acid groups (broad SMARTS) is 1. The summed E-state index contributed by atoms with van der Waals surface area (Å²) in [6.07, 6.45) is 1.67. The summed E-state index contributed by atoms with van der Waals surface area (Å²) in [5.74, 6) is -3.68. The number of carboxylic acids is 1. The number of hydrogen-bond acceptors (Lipinski definition) is 6. The Balaban J connectivity index is 2.09. The van der Waals surface area contributed by atoms with Crippen LogP contribution in [0.1, 0.15) is 19.4 Å². The fraction of sp³-hybridized carbons (Fsp3) is 0.429. The fourth-order valence-corrected chi connectivity index (χ4v) is 3.22. The van der Waals surface area contributed by atoms with Gasteiger partial charge in [0.15, 0.2) is 0 Å². The molecule has 11 heteroatoms. The lowest BCUT2D eigenvalue weighted by atomic mass is 10.0. The van der Waals surface area contributed by atoms with Gasteiger partial charge in [-0.3, -0.25) is 14.4 Å². The monoisotopic (exact) mass is 447 g/mol. The van der Waals surface area contributed by atoms with E-state index in [1.807, 2.05) is 24.3 Å². The first-order valence-corrected chi connectivity index (χ1v) is 10.2. The number of hydrogen-bond donors (Lipinski definition) is 7. The van der Waals surface area contributed by atoms with Gasteiger partial charge in [-0.1, -0.05) is 32.0 Å². The molecule has 1 aromatic carbocycles. The highest BCUT2D eigenvalue weighted by Gasteiger charge is 2.30. The number of aliphatic hydroxyl groups excluding tert-OH is 1. The Bertz CT molecular complexity index is 972. The number of aromatic nitrogens is 1. The summed E-state index contributed by atoms with van der Waals surface area (Å²) in [7, 11) is 0. The number of aliphatic carboxylic acids is 1. The van der Waals surface area contributed by atoms with Crippen molar-refractivity contribution in [3.8, 4) is 0 Å². The number of H-pyrrole nitrogens is 1. The van der Waals surface area contributed by atoms with Crippen LogP contribution in [0.4, 0.5) is 0 Å². The number of carbonyl (C=O) groups excluding carboxylic acids is 3. The van der Waals surface area contributed by atoms with Crippen LogP contribution >= 0.6 is 0 Å². The fourth-order valence-electron chi connectivity index (χ4n) is 3.22. The molecule has 0 fully saturated rings. The first-order chi connectivity index (χ1) is 15.2. The summed E-state index contributed by atoms with van der Waals surface area (Å²) >= 11 is 0. The van der Waals surface area contributed by atoms with Crippen molar-refractivity contribution >= 4 is 34.6 Å². The van der Waals surface area contributed by atoms with Gasteiger partial charge in [0, 0.05) is 23.5 Å². The van der Waals surface area contributed by atoms with E-state index in [1.165, 1.54) is 0 Å². The number of carbonyl (C=O) groups is 4. The number of fused-ring (bicyclic) bond motifs is 1. The molecule has 2 rings (SSSR count). The minimum absolute atomic E-state index is 0.00163. The van der Waals surface area contributed by atoms with E-state index in [4.69, 9.17) is 5.73 Å². The molecule has 1 aromatic heterocycles. The predicted molar refractivity (Wildman–Crippen MR) is 116 cm³/mol. The first kappa shape index (κ1) is 24.8. The molecule has 0 saturated heterocycles. The van der Waals surface area contributed by atoms with Crippen molar-refractivity contribution in [1.29, 1.82) is 0 Å². The third-order valence-electron chi connectivity index (χ3n) is 4.98. The van der Waals surface area contributed by atoms with E-state index in [0.717, 1.165) is 10.9 Å². The molecule has 0 aliphatic rings. The molecule has 8 N–H and O–H groups in total. The molecule has 2 aromatic rings. The van der Waals surface area contributed by atoms with Crippen LogP contribution in [0.15, 0.2) is 30.5 Å². The Hall–Kier alpha value is -3.44. The van der Waals surface area contributed by atoms with Crippen LogP contribution in [0.25, 0.3) is 10.9 Å². The number of nitrogens with two attached hydrogens (primary N) is 1. The van der Waals surface area contributed by atoms with Gasteiger partial charge in [0.1, 0.15) is 18.1 Å². The highest BCUT2D eigenvalue weighted by molar-refractivity contribution is 5.94. The number of aliphatic hydroxyl groups is 1. The van der Waals surface area contributed by atoms with E-state index in [-0.39, 0.29) is 18.9 Å². The van der Waals surface area contributed by atoms with Gasteiger partial charge in [0.2, 0.25) is 17.7 Å². The first-order valence-electron chi connectivity index (χ1n) is 10.2. The van der Waals surface area contributed by atoms with Gasteiger partial charge in [-0.05, 0) is 17.5 Å². The second-order valence-corrected chi connectivity index (χ2v) is 7.70. The maximum atomic E-state index is 12.6. The van der Waals surface area contributed by atoms with Crippen LogP contribution in [-0.2, 0) is 25.6 Å². The van der Waals surface area contributed by atoms with Gasteiger partial charge in [-0.2, -0.15) is 0 Å². The van der Waals surface area contributed by atoms with E-state index >= 15 is 0 Å². The molecule has 3 unspecified atom stereocenters. The Morgan fingerprint density at radius 3 is 2.28 bits per heavy atom. The summed E-state index contributed by atoms with van der Waals surface area (Å²) in [5.41, 5.74) is 6.79. The SMILES string of the molecule is CC(C)C(NC(=O)CN)C(=O)NC(CO)C(=O)NC(Cc1c[nH]c2ccccc12)C(=O)O. The maximum Gasteiger partial charge on any atom is 0.326 e. The van der Waals surface area contributed by atoms with Crippen molar-refractivity contribution in [2.45, 2.75) is 38.4 Å². The standard InChI is InChI=1S/C21H29N5O6/c1-11(2)18(26-17(28)8-22)20(30)25-16(10-27)19(29)24-15(21(31)32)7-12-9-23-14-6-4-3-5-13(12)14/h3-6,9,11,15-16,18,23,27H,7-8,10,22H2,1-2H3,(H,24,29)(H,25,30)(H,26,28)(H,31,32).